The molecule has 4 nitrogen and oxygen atoms in total. The minimum atomic E-state index is 0. The molecule has 1 aromatic rings. The van der Waals surface area contributed by atoms with E-state index in [0.717, 1.165) is 52.4 Å². The molecule has 2 heterocycles. The van der Waals surface area contributed by atoms with E-state index in [-0.39, 0.29) is 12.4 Å². The van der Waals surface area contributed by atoms with Crippen LogP contribution in [0.2, 0.25) is 0 Å². The first kappa shape index (κ1) is 17.5. The monoisotopic (exact) mass is 325 g/mol. The van der Waals surface area contributed by atoms with Gasteiger partial charge in [0, 0.05) is 44.5 Å². The van der Waals surface area contributed by atoms with E-state index in [0.29, 0.717) is 6.04 Å². The van der Waals surface area contributed by atoms with E-state index in [4.69, 9.17) is 4.74 Å². The number of para-hydroxylation sites is 1. The van der Waals surface area contributed by atoms with E-state index in [1.54, 1.807) is 0 Å². The predicted molar refractivity (Wildman–Crippen MR) is 94.1 cm³/mol. The van der Waals surface area contributed by atoms with Crippen molar-refractivity contribution in [2.45, 2.75) is 25.9 Å². The minimum absolute atomic E-state index is 0. The van der Waals surface area contributed by atoms with E-state index in [2.05, 4.69) is 47.3 Å². The van der Waals surface area contributed by atoms with Crippen LogP contribution in [0.15, 0.2) is 18.2 Å². The highest BCUT2D eigenvalue weighted by atomic mass is 35.5. The van der Waals surface area contributed by atoms with Gasteiger partial charge in [0.1, 0.15) is 0 Å². The Labute approximate surface area is 140 Å². The Morgan fingerprint density at radius 2 is 2.09 bits per heavy atom. The summed E-state index contributed by atoms with van der Waals surface area (Å²) in [5.74, 6) is 0. The van der Waals surface area contributed by atoms with Crippen molar-refractivity contribution < 1.29 is 4.74 Å². The molecule has 0 amide bonds. The van der Waals surface area contributed by atoms with Gasteiger partial charge in [-0.05, 0) is 31.5 Å². The molecule has 5 heteroatoms. The molecule has 0 aromatic heterocycles. The number of ether oxygens (including phenoxy) is 1. The van der Waals surface area contributed by atoms with Gasteiger partial charge in [-0.25, -0.2) is 0 Å². The molecule has 0 saturated carbocycles. The van der Waals surface area contributed by atoms with E-state index in [1.807, 2.05) is 0 Å². The first-order valence-electron chi connectivity index (χ1n) is 8.09. The molecule has 0 radical (unpaired) electrons. The number of likely N-dealkylation sites (N-methyl/N-ethyl adjacent to an activating group) is 1. The molecule has 1 N–H and O–H groups in total. The average Bonchev–Trinajstić information content (AvgIpc) is 2.98. The number of morpholine rings is 1. The fraction of sp³-hybridized carbons (Fsp3) is 0.647. The summed E-state index contributed by atoms with van der Waals surface area (Å²) < 4.78 is 5.42. The van der Waals surface area contributed by atoms with E-state index in [1.165, 1.54) is 16.8 Å². The second-order valence-corrected chi connectivity index (χ2v) is 6.31. The fourth-order valence-electron chi connectivity index (χ4n) is 3.26. The molecule has 2 aliphatic heterocycles. The zero-order valence-corrected chi connectivity index (χ0v) is 14.5. The molecule has 1 fully saturated rings. The van der Waals surface area contributed by atoms with Crippen LogP contribution < -0.4 is 5.32 Å². The second kappa shape index (κ2) is 8.16. The van der Waals surface area contributed by atoms with Crippen LogP contribution in [-0.4, -0.2) is 62.3 Å². The largest absolute Gasteiger partial charge is 0.384 e. The number of nitrogens with zero attached hydrogens (tertiary/aromatic N) is 2. The normalized spacial score (nSPS) is 19.4. The van der Waals surface area contributed by atoms with Gasteiger partial charge in [0.2, 0.25) is 0 Å². The first-order chi connectivity index (χ1) is 10.2. The summed E-state index contributed by atoms with van der Waals surface area (Å²) >= 11 is 0. The minimum Gasteiger partial charge on any atom is -0.384 e. The van der Waals surface area contributed by atoms with E-state index >= 15 is 0 Å². The summed E-state index contributed by atoms with van der Waals surface area (Å²) in [4.78, 5) is 4.98. The number of anilines is 1. The average molecular weight is 326 g/mol. The predicted octanol–water partition coefficient (Wildman–Crippen LogP) is 2.23. The number of nitrogens with one attached hydrogen (secondary N) is 1. The Morgan fingerprint density at radius 1 is 1.32 bits per heavy atom. The maximum Gasteiger partial charge on any atom is 0.0594 e. The van der Waals surface area contributed by atoms with Crippen LogP contribution in [0.4, 0.5) is 5.69 Å². The van der Waals surface area contributed by atoms with Crippen molar-refractivity contribution in [3.8, 4) is 0 Å². The Kier molecular flexibility index (Phi) is 6.50. The molecule has 3 rings (SSSR count). The second-order valence-electron chi connectivity index (χ2n) is 6.31. The third-order valence-electron chi connectivity index (χ3n) is 4.73. The molecule has 0 aliphatic carbocycles. The Balaban J connectivity index is 0.00000176. The van der Waals surface area contributed by atoms with Crippen LogP contribution in [-0.2, 0) is 17.7 Å². The van der Waals surface area contributed by atoms with Crippen molar-refractivity contribution in [2.75, 3.05) is 51.8 Å². The smallest absolute Gasteiger partial charge is 0.0594 e. The molecule has 2 aliphatic rings. The van der Waals surface area contributed by atoms with Crippen molar-refractivity contribution >= 4 is 18.1 Å². The first-order valence-corrected chi connectivity index (χ1v) is 8.09. The molecule has 1 aromatic carbocycles. The van der Waals surface area contributed by atoms with Crippen LogP contribution in [0.5, 0.6) is 0 Å². The lowest BCUT2D eigenvalue weighted by atomic mass is 10.1. The molecule has 1 atom stereocenters. The van der Waals surface area contributed by atoms with Crippen LogP contribution in [0.1, 0.15) is 18.1 Å². The number of rotatable bonds is 5. The zero-order chi connectivity index (χ0) is 14.7. The Bertz CT molecular complexity index is 477. The van der Waals surface area contributed by atoms with Crippen LogP contribution in [0, 0.1) is 0 Å². The van der Waals surface area contributed by atoms with Crippen LogP contribution >= 0.6 is 12.4 Å². The van der Waals surface area contributed by atoms with E-state index in [9.17, 15) is 0 Å². The van der Waals surface area contributed by atoms with Crippen molar-refractivity contribution in [3.05, 3.63) is 29.3 Å². The molecule has 124 valence electrons. The number of hydrogen-bond acceptors (Lipinski definition) is 4. The molecule has 0 spiro atoms. The van der Waals surface area contributed by atoms with Gasteiger partial charge in [0.25, 0.3) is 0 Å². The summed E-state index contributed by atoms with van der Waals surface area (Å²) in [6.07, 6.45) is 1.16. The van der Waals surface area contributed by atoms with Gasteiger partial charge in [-0.2, -0.15) is 0 Å². The molecular weight excluding hydrogens is 298 g/mol. The van der Waals surface area contributed by atoms with Gasteiger partial charge in [0.05, 0.1) is 13.2 Å². The standard InChI is InChI=1S/C17H27N3O.ClH/c1-14(12-20-8-10-21-11-9-20)19(2)13-16-5-3-4-15-6-7-18-17(15)16;/h3-5,14,18H,6-13H2,1-2H3;1H. The summed E-state index contributed by atoms with van der Waals surface area (Å²) in [7, 11) is 2.24. The van der Waals surface area contributed by atoms with E-state index < -0.39 is 0 Å². The summed E-state index contributed by atoms with van der Waals surface area (Å²) in [5, 5.41) is 3.54. The third-order valence-corrected chi connectivity index (χ3v) is 4.73. The highest BCUT2D eigenvalue weighted by molar-refractivity contribution is 5.85. The molecule has 22 heavy (non-hydrogen) atoms. The highest BCUT2D eigenvalue weighted by Crippen LogP contribution is 2.27. The Hall–Kier alpha value is -0.810. The molecule has 0 bridgehead atoms. The lowest BCUT2D eigenvalue weighted by Gasteiger charge is -2.33. The fourth-order valence-corrected chi connectivity index (χ4v) is 3.26. The summed E-state index contributed by atoms with van der Waals surface area (Å²) in [5.41, 5.74) is 4.28. The van der Waals surface area contributed by atoms with Gasteiger partial charge in [-0.15, -0.1) is 12.4 Å². The molecular formula is C17H28ClN3O. The van der Waals surface area contributed by atoms with Crippen LogP contribution in [0.25, 0.3) is 0 Å². The zero-order valence-electron chi connectivity index (χ0n) is 13.7. The molecule has 1 unspecified atom stereocenters. The lowest BCUT2D eigenvalue weighted by molar-refractivity contribution is 0.0262. The van der Waals surface area contributed by atoms with Crippen molar-refractivity contribution in [3.63, 3.8) is 0 Å². The lowest BCUT2D eigenvalue weighted by Crippen LogP contribution is -2.44. The van der Waals surface area contributed by atoms with Crippen molar-refractivity contribution in [1.82, 2.24) is 9.80 Å². The third kappa shape index (κ3) is 4.13. The topological polar surface area (TPSA) is 27.7 Å². The SMILES string of the molecule is CC(CN1CCOCC1)N(C)Cc1cccc2c1NCC2.Cl. The number of fused-ring (bicyclic) bond motifs is 1. The van der Waals surface area contributed by atoms with Gasteiger partial charge in [0.15, 0.2) is 0 Å². The van der Waals surface area contributed by atoms with Crippen molar-refractivity contribution in [1.29, 1.82) is 0 Å². The summed E-state index contributed by atoms with van der Waals surface area (Å²) in [6.45, 7) is 9.45. The quantitative estimate of drug-likeness (QED) is 0.898. The maximum atomic E-state index is 5.42. The van der Waals surface area contributed by atoms with Gasteiger partial charge in [-0.3, -0.25) is 9.80 Å². The Morgan fingerprint density at radius 3 is 2.86 bits per heavy atom. The van der Waals surface area contributed by atoms with Gasteiger partial charge >= 0.3 is 0 Å². The highest BCUT2D eigenvalue weighted by Gasteiger charge is 2.19. The number of halogens is 1. The summed E-state index contributed by atoms with van der Waals surface area (Å²) in [6, 6.07) is 7.26. The number of benzene rings is 1. The number of hydrogen-bond donors (Lipinski definition) is 1. The molecule has 1 saturated heterocycles. The van der Waals surface area contributed by atoms with Gasteiger partial charge in [-0.1, -0.05) is 18.2 Å². The van der Waals surface area contributed by atoms with Crippen molar-refractivity contribution in [2.24, 2.45) is 0 Å². The van der Waals surface area contributed by atoms with Gasteiger partial charge < -0.3 is 10.1 Å². The van der Waals surface area contributed by atoms with Crippen LogP contribution in [0.3, 0.4) is 0 Å². The maximum absolute atomic E-state index is 5.42.